The molecule has 64 valence electrons. The molecule has 0 saturated heterocycles. The Kier molecular flexibility index (Phi) is 3.75. The maximum Gasteiger partial charge on any atom is 0.175 e. The molecule has 0 heterocycles. The van der Waals surface area contributed by atoms with Gasteiger partial charge in [0.15, 0.2) is 5.78 Å². The van der Waals surface area contributed by atoms with E-state index in [1.54, 1.807) is 20.8 Å². The van der Waals surface area contributed by atoms with Crippen molar-refractivity contribution in [1.82, 2.24) is 0 Å². The molecule has 0 N–H and O–H groups in total. The third-order valence-corrected chi connectivity index (χ3v) is 2.20. The van der Waals surface area contributed by atoms with Crippen LogP contribution in [0.25, 0.3) is 0 Å². The van der Waals surface area contributed by atoms with E-state index in [0.29, 0.717) is 0 Å². The van der Waals surface area contributed by atoms with E-state index in [1.807, 2.05) is 0 Å². The molecule has 11 heavy (non-hydrogen) atoms. The van der Waals surface area contributed by atoms with Crippen molar-refractivity contribution >= 4 is 23.4 Å². The topological polar surface area (TPSA) is 52.5 Å². The van der Waals surface area contributed by atoms with Crippen LogP contribution in [-0.2, 0) is 16.2 Å². The molecule has 1 atom stereocenters. The van der Waals surface area contributed by atoms with Crippen molar-refractivity contribution in [3.8, 4) is 0 Å². The van der Waals surface area contributed by atoms with Gasteiger partial charge in [-0.05, 0) is 20.8 Å². The summed E-state index contributed by atoms with van der Waals surface area (Å²) in [6.07, 6.45) is 1.10. The van der Waals surface area contributed by atoms with Crippen LogP contribution in [0.5, 0.6) is 0 Å². The first-order valence-corrected chi connectivity index (χ1v) is 4.41. The zero-order chi connectivity index (χ0) is 9.07. The normalized spacial score (nSPS) is 15.4. The largest absolute Gasteiger partial charge is 0.591 e. The van der Waals surface area contributed by atoms with E-state index in [-0.39, 0.29) is 10.5 Å². The van der Waals surface area contributed by atoms with Gasteiger partial charge in [0.1, 0.15) is 22.3 Å². The number of hydrogen-bond donors (Lipinski definition) is 0. The fourth-order valence-electron chi connectivity index (χ4n) is 0.280. The third kappa shape index (κ3) is 4.98. The molecule has 0 spiro atoms. The summed E-state index contributed by atoms with van der Waals surface area (Å²) >= 11 is -1.31. The minimum Gasteiger partial charge on any atom is -0.591 e. The van der Waals surface area contributed by atoms with Crippen LogP contribution in [0.2, 0.25) is 0 Å². The van der Waals surface area contributed by atoms with Crippen LogP contribution < -0.4 is 0 Å². The minimum atomic E-state index is -1.31. The lowest BCUT2D eigenvalue weighted by molar-refractivity contribution is -0.110. The van der Waals surface area contributed by atoms with Crippen molar-refractivity contribution < 1.29 is 9.35 Å². The van der Waals surface area contributed by atoms with Gasteiger partial charge in [-0.15, -0.1) is 0 Å². The lowest BCUT2D eigenvalue weighted by Crippen LogP contribution is -2.26. The molecule has 0 aliphatic carbocycles. The van der Waals surface area contributed by atoms with E-state index in [1.165, 1.54) is 6.92 Å². The summed E-state index contributed by atoms with van der Waals surface area (Å²) in [4.78, 5) is 10.4. The van der Waals surface area contributed by atoms with E-state index in [0.717, 1.165) is 6.21 Å². The third-order valence-electron chi connectivity index (χ3n) is 0.854. The number of rotatable bonds is 2. The van der Waals surface area contributed by atoms with Gasteiger partial charge in [-0.3, -0.25) is 4.79 Å². The van der Waals surface area contributed by atoms with Crippen LogP contribution in [0, 0.1) is 0 Å². The highest BCUT2D eigenvalue weighted by molar-refractivity contribution is 7.91. The van der Waals surface area contributed by atoms with E-state index in [4.69, 9.17) is 0 Å². The molecule has 0 aliphatic rings. The monoisotopic (exact) mass is 175 g/mol. The van der Waals surface area contributed by atoms with Gasteiger partial charge < -0.3 is 4.55 Å². The van der Waals surface area contributed by atoms with Crippen molar-refractivity contribution in [3.05, 3.63) is 0 Å². The fourth-order valence-corrected chi connectivity index (χ4v) is 0.841. The summed E-state index contributed by atoms with van der Waals surface area (Å²) in [5, 5.41) is 0. The standard InChI is InChI=1S/C7H13NO2S/c1-6(9)5-8-11(10)7(2,3)4/h5H,1-4H3/b8-5+. The maximum atomic E-state index is 11.1. The predicted molar refractivity (Wildman–Crippen MR) is 47.1 cm³/mol. The number of carbonyl (C=O) groups excluding carboxylic acids is 1. The summed E-state index contributed by atoms with van der Waals surface area (Å²) in [6.45, 7) is 6.80. The Morgan fingerprint density at radius 1 is 1.55 bits per heavy atom. The first-order chi connectivity index (χ1) is 4.84. The highest BCUT2D eigenvalue weighted by atomic mass is 32.2. The Balaban J connectivity index is 4.07. The quantitative estimate of drug-likeness (QED) is 0.466. The average molecular weight is 175 g/mol. The molecule has 0 fully saturated rings. The van der Waals surface area contributed by atoms with Gasteiger partial charge in [-0.1, -0.05) is 4.40 Å². The zero-order valence-electron chi connectivity index (χ0n) is 7.25. The summed E-state index contributed by atoms with van der Waals surface area (Å²) in [5.74, 6) is -0.178. The maximum absolute atomic E-state index is 11.1. The number of ketones is 1. The molecule has 3 nitrogen and oxygen atoms in total. The van der Waals surface area contributed by atoms with Gasteiger partial charge in [0.05, 0.1) is 0 Å². The highest BCUT2D eigenvalue weighted by Gasteiger charge is 2.25. The van der Waals surface area contributed by atoms with Gasteiger partial charge in [0, 0.05) is 6.92 Å². The predicted octanol–water partition coefficient (Wildman–Crippen LogP) is 1.11. The van der Waals surface area contributed by atoms with Crippen LogP contribution in [0.15, 0.2) is 4.40 Å². The first kappa shape index (κ1) is 10.7. The smallest absolute Gasteiger partial charge is 0.175 e. The SMILES string of the molecule is CC(=O)/C=N/[S+]([O-])C(C)(C)C. The lowest BCUT2D eigenvalue weighted by Gasteiger charge is -2.17. The Morgan fingerprint density at radius 2 is 2.00 bits per heavy atom. The van der Waals surface area contributed by atoms with Crippen LogP contribution >= 0.6 is 0 Å². The molecule has 0 rings (SSSR count). The molecule has 0 bridgehead atoms. The summed E-state index contributed by atoms with van der Waals surface area (Å²) in [6, 6.07) is 0. The van der Waals surface area contributed by atoms with E-state index in [9.17, 15) is 9.35 Å². The minimum absolute atomic E-state index is 0.178. The molecule has 0 aliphatic heterocycles. The Bertz CT molecular complexity index is 172. The molecule has 0 aromatic heterocycles. The van der Waals surface area contributed by atoms with Gasteiger partial charge in [0.2, 0.25) is 0 Å². The van der Waals surface area contributed by atoms with Crippen molar-refractivity contribution in [2.75, 3.05) is 0 Å². The summed E-state index contributed by atoms with van der Waals surface area (Å²) < 4.78 is 14.3. The van der Waals surface area contributed by atoms with Crippen molar-refractivity contribution in [3.63, 3.8) is 0 Å². The Labute approximate surface area is 70.2 Å². The second-order valence-corrected chi connectivity index (χ2v) is 5.14. The Morgan fingerprint density at radius 3 is 2.27 bits per heavy atom. The number of carbonyl (C=O) groups is 1. The fraction of sp³-hybridized carbons (Fsp3) is 0.714. The van der Waals surface area contributed by atoms with E-state index in [2.05, 4.69) is 4.40 Å². The van der Waals surface area contributed by atoms with Crippen LogP contribution in [0.3, 0.4) is 0 Å². The van der Waals surface area contributed by atoms with Gasteiger partial charge >= 0.3 is 0 Å². The van der Waals surface area contributed by atoms with Crippen LogP contribution in [0.1, 0.15) is 27.7 Å². The van der Waals surface area contributed by atoms with Crippen LogP contribution in [0.4, 0.5) is 0 Å². The highest BCUT2D eigenvalue weighted by Crippen LogP contribution is 2.15. The van der Waals surface area contributed by atoms with E-state index >= 15 is 0 Å². The van der Waals surface area contributed by atoms with Gasteiger partial charge in [0.25, 0.3) is 0 Å². The molecule has 1 unspecified atom stereocenters. The molecular formula is C7H13NO2S. The van der Waals surface area contributed by atoms with Crippen LogP contribution in [-0.4, -0.2) is 21.3 Å². The Hall–Kier alpha value is -0.350. The average Bonchev–Trinajstić information content (AvgIpc) is 1.80. The first-order valence-electron chi connectivity index (χ1n) is 3.30. The molecule has 0 aromatic rings. The van der Waals surface area contributed by atoms with E-state index < -0.39 is 11.4 Å². The van der Waals surface area contributed by atoms with Gasteiger partial charge in [-0.25, -0.2) is 0 Å². The number of Topliss-reactive ketones (excluding diaryl/α,β-unsaturated/α-hetero) is 1. The number of nitrogens with zero attached hydrogens (tertiary/aromatic N) is 1. The molecule has 0 saturated carbocycles. The molecular weight excluding hydrogens is 162 g/mol. The van der Waals surface area contributed by atoms with Crippen molar-refractivity contribution in [1.29, 1.82) is 0 Å². The number of hydrogen-bond acceptors (Lipinski definition) is 3. The lowest BCUT2D eigenvalue weighted by atomic mass is 10.3. The second kappa shape index (κ2) is 3.88. The molecule has 0 radical (unpaired) electrons. The molecule has 0 amide bonds. The second-order valence-electron chi connectivity index (χ2n) is 3.21. The van der Waals surface area contributed by atoms with Gasteiger partial charge in [-0.2, -0.15) is 0 Å². The van der Waals surface area contributed by atoms with Crippen molar-refractivity contribution in [2.24, 2.45) is 4.40 Å². The molecule has 4 heteroatoms. The molecule has 0 aromatic carbocycles. The zero-order valence-corrected chi connectivity index (χ0v) is 8.07. The van der Waals surface area contributed by atoms with Crippen molar-refractivity contribution in [2.45, 2.75) is 32.4 Å². The summed E-state index contributed by atoms with van der Waals surface area (Å²) in [5.41, 5.74) is 0. The summed E-state index contributed by atoms with van der Waals surface area (Å²) in [7, 11) is 0.